The van der Waals surface area contributed by atoms with Gasteiger partial charge in [-0.15, -0.1) is 0 Å². The maximum atomic E-state index is 13.8. The maximum absolute atomic E-state index is 13.8. The first-order chi connectivity index (χ1) is 20.3. The molecule has 1 aliphatic heterocycles. The molecule has 0 saturated heterocycles. The highest BCUT2D eigenvalue weighted by Crippen LogP contribution is 2.40. The van der Waals surface area contributed by atoms with Crippen molar-refractivity contribution in [1.29, 1.82) is 0 Å². The summed E-state index contributed by atoms with van der Waals surface area (Å²) in [6, 6.07) is 19.5. The Morgan fingerprint density at radius 3 is 2.19 bits per heavy atom. The molecule has 2 heterocycles. The van der Waals surface area contributed by atoms with Crippen LogP contribution in [0.15, 0.2) is 84.2 Å². The molecule has 10 nitrogen and oxygen atoms in total. The number of hydrogen-bond acceptors (Lipinski definition) is 7. The minimum atomic E-state index is -0.676. The van der Waals surface area contributed by atoms with E-state index < -0.39 is 6.04 Å². The summed E-state index contributed by atoms with van der Waals surface area (Å²) < 4.78 is 18.2. The molecule has 0 spiro atoms. The monoisotopic (exact) mass is 567 g/mol. The number of nitrogens with zero attached hydrogens (tertiary/aromatic N) is 2. The molecule has 1 aromatic heterocycles. The Balaban J connectivity index is 1.55. The molecule has 0 bridgehead atoms. The number of rotatable bonds is 9. The third-order valence-electron chi connectivity index (χ3n) is 6.97. The molecule has 1 aliphatic rings. The number of nitrogens with one attached hydrogen (secondary N) is 3. The molecule has 4 aromatic rings. The largest absolute Gasteiger partial charge is 0.497 e. The van der Waals surface area contributed by atoms with Crippen LogP contribution in [0.25, 0.3) is 0 Å². The fraction of sp³-hybridized carbons (Fsp3) is 0.219. The fourth-order valence-electron chi connectivity index (χ4n) is 4.86. The molecule has 2 amide bonds. The summed E-state index contributed by atoms with van der Waals surface area (Å²) in [6.45, 7) is 6.16. The van der Waals surface area contributed by atoms with Gasteiger partial charge >= 0.3 is 0 Å². The quantitative estimate of drug-likeness (QED) is 0.235. The molecule has 3 aromatic carbocycles. The molecule has 10 heteroatoms. The van der Waals surface area contributed by atoms with Crippen molar-refractivity contribution < 1.29 is 23.8 Å². The lowest BCUT2D eigenvalue weighted by atomic mass is 9.94. The molecule has 3 N–H and O–H groups in total. The highest BCUT2D eigenvalue weighted by molar-refractivity contribution is 6.09. The van der Waals surface area contributed by atoms with Crippen molar-refractivity contribution in [3.8, 4) is 17.2 Å². The minimum Gasteiger partial charge on any atom is -0.497 e. The zero-order valence-corrected chi connectivity index (χ0v) is 24.1. The third kappa shape index (κ3) is 5.64. The maximum Gasteiger partial charge on any atom is 0.261 e. The summed E-state index contributed by atoms with van der Waals surface area (Å²) in [5.74, 6) is 1.60. The van der Waals surface area contributed by atoms with Crippen LogP contribution < -0.4 is 30.2 Å². The van der Waals surface area contributed by atoms with E-state index in [1.165, 1.54) is 6.20 Å². The molecule has 0 unspecified atom stereocenters. The van der Waals surface area contributed by atoms with Gasteiger partial charge in [-0.3, -0.25) is 9.59 Å². The highest BCUT2D eigenvalue weighted by Gasteiger charge is 2.36. The van der Waals surface area contributed by atoms with E-state index in [0.717, 1.165) is 11.1 Å². The summed E-state index contributed by atoms with van der Waals surface area (Å²) in [5.41, 5.74) is 4.44. The van der Waals surface area contributed by atoms with E-state index in [1.807, 2.05) is 56.3 Å². The van der Waals surface area contributed by atoms with Crippen LogP contribution in [0.1, 0.15) is 41.4 Å². The average molecular weight is 568 g/mol. The Morgan fingerprint density at radius 1 is 0.881 bits per heavy atom. The fourth-order valence-corrected chi connectivity index (χ4v) is 4.86. The predicted octanol–water partition coefficient (Wildman–Crippen LogP) is 5.79. The number of amides is 2. The summed E-state index contributed by atoms with van der Waals surface area (Å²) in [4.78, 5) is 27.2. The van der Waals surface area contributed by atoms with Crippen molar-refractivity contribution in [2.24, 2.45) is 0 Å². The van der Waals surface area contributed by atoms with E-state index in [1.54, 1.807) is 50.1 Å². The number of benzene rings is 3. The van der Waals surface area contributed by atoms with Crippen LogP contribution in [-0.4, -0.2) is 42.4 Å². The van der Waals surface area contributed by atoms with E-state index >= 15 is 0 Å². The van der Waals surface area contributed by atoms with Crippen molar-refractivity contribution in [2.45, 2.75) is 26.8 Å². The SMILES string of the molecule is CCOc1ccc([C@@H]2C(C(=O)Nc3ccc(OC)cc3)=C(C)Nc3c(C(=O)Nc4ccc(C)cc4)cnn32)cc1OC. The lowest BCUT2D eigenvalue weighted by Gasteiger charge is -2.30. The number of carbonyl (C=O) groups excluding carboxylic acids is 2. The van der Waals surface area contributed by atoms with Gasteiger partial charge in [-0.25, -0.2) is 4.68 Å². The Labute approximate surface area is 244 Å². The first-order valence-corrected chi connectivity index (χ1v) is 13.5. The van der Waals surface area contributed by atoms with E-state index in [2.05, 4.69) is 21.0 Å². The summed E-state index contributed by atoms with van der Waals surface area (Å²) in [6.07, 6.45) is 1.50. The van der Waals surface area contributed by atoms with Crippen molar-refractivity contribution in [1.82, 2.24) is 9.78 Å². The highest BCUT2D eigenvalue weighted by atomic mass is 16.5. The van der Waals surface area contributed by atoms with Gasteiger partial charge in [-0.1, -0.05) is 23.8 Å². The topological polar surface area (TPSA) is 116 Å². The van der Waals surface area contributed by atoms with Crippen molar-refractivity contribution in [3.63, 3.8) is 0 Å². The second-order valence-corrected chi connectivity index (χ2v) is 9.76. The van der Waals surface area contributed by atoms with Gasteiger partial charge in [0.15, 0.2) is 11.5 Å². The van der Waals surface area contributed by atoms with Crippen LogP contribution in [0.4, 0.5) is 17.2 Å². The lowest BCUT2D eigenvalue weighted by molar-refractivity contribution is -0.113. The van der Waals surface area contributed by atoms with Crippen LogP contribution >= 0.6 is 0 Å². The summed E-state index contributed by atoms with van der Waals surface area (Å²) in [5, 5.41) is 13.8. The van der Waals surface area contributed by atoms with Gasteiger partial charge in [0.2, 0.25) is 0 Å². The Morgan fingerprint density at radius 2 is 1.55 bits per heavy atom. The van der Waals surface area contributed by atoms with Crippen molar-refractivity contribution >= 4 is 29.0 Å². The van der Waals surface area contributed by atoms with Crippen LogP contribution in [-0.2, 0) is 4.79 Å². The number of methoxy groups -OCH3 is 2. The molecular weight excluding hydrogens is 534 g/mol. The molecule has 0 aliphatic carbocycles. The molecule has 0 fully saturated rings. The smallest absolute Gasteiger partial charge is 0.261 e. The molecule has 5 rings (SSSR count). The number of allylic oxidation sites excluding steroid dienone is 1. The first kappa shape index (κ1) is 28.3. The predicted molar refractivity (Wildman–Crippen MR) is 162 cm³/mol. The average Bonchev–Trinajstić information content (AvgIpc) is 3.42. The number of aromatic nitrogens is 2. The molecule has 216 valence electrons. The number of hydrogen-bond donors (Lipinski definition) is 3. The van der Waals surface area contributed by atoms with Gasteiger partial charge in [0.05, 0.1) is 32.6 Å². The van der Waals surface area contributed by atoms with E-state index in [-0.39, 0.29) is 11.8 Å². The van der Waals surface area contributed by atoms with Gasteiger partial charge in [0.1, 0.15) is 23.2 Å². The molecule has 0 radical (unpaired) electrons. The normalized spacial score (nSPS) is 14.0. The van der Waals surface area contributed by atoms with Gasteiger partial charge in [-0.05, 0) is 74.9 Å². The molecule has 42 heavy (non-hydrogen) atoms. The Bertz CT molecular complexity index is 1640. The summed E-state index contributed by atoms with van der Waals surface area (Å²) in [7, 11) is 3.15. The zero-order valence-electron chi connectivity index (χ0n) is 24.1. The van der Waals surface area contributed by atoms with Crippen LogP contribution in [0.5, 0.6) is 17.2 Å². The van der Waals surface area contributed by atoms with Gasteiger partial charge < -0.3 is 30.2 Å². The number of fused-ring (bicyclic) bond motifs is 1. The van der Waals surface area contributed by atoms with Crippen LogP contribution in [0, 0.1) is 6.92 Å². The van der Waals surface area contributed by atoms with Crippen molar-refractivity contribution in [3.05, 3.63) is 101 Å². The van der Waals surface area contributed by atoms with E-state index in [4.69, 9.17) is 14.2 Å². The van der Waals surface area contributed by atoms with Crippen molar-refractivity contribution in [2.75, 3.05) is 36.8 Å². The van der Waals surface area contributed by atoms with E-state index in [9.17, 15) is 9.59 Å². The number of anilines is 3. The Kier molecular flexibility index (Phi) is 8.14. The summed E-state index contributed by atoms with van der Waals surface area (Å²) >= 11 is 0. The number of carbonyl (C=O) groups is 2. The minimum absolute atomic E-state index is 0.324. The second-order valence-electron chi connectivity index (χ2n) is 9.76. The van der Waals surface area contributed by atoms with Crippen LogP contribution in [0.2, 0.25) is 0 Å². The van der Waals surface area contributed by atoms with Gasteiger partial charge in [0.25, 0.3) is 11.8 Å². The zero-order chi connectivity index (χ0) is 29.8. The molecular formula is C32H33N5O5. The number of ether oxygens (including phenoxy) is 3. The van der Waals surface area contributed by atoms with Gasteiger partial charge in [0, 0.05) is 17.1 Å². The lowest BCUT2D eigenvalue weighted by Crippen LogP contribution is -2.32. The second kappa shape index (κ2) is 12.1. The van der Waals surface area contributed by atoms with Gasteiger partial charge in [-0.2, -0.15) is 5.10 Å². The standard InChI is InChI=1S/C32H33N5O5/c1-6-42-26-16-9-21(17-27(26)41-5)29-28(32(39)36-23-12-14-24(40-4)15-13-23)20(3)34-30-25(18-33-37(29)30)31(38)35-22-10-7-19(2)8-11-22/h7-18,29,34H,6H2,1-5H3,(H,35,38)(H,36,39)/t29-/m1/s1. The third-order valence-corrected chi connectivity index (χ3v) is 6.97. The molecule has 1 atom stereocenters. The van der Waals surface area contributed by atoms with Crippen LogP contribution in [0.3, 0.4) is 0 Å². The van der Waals surface area contributed by atoms with E-state index in [0.29, 0.717) is 57.9 Å². The Hall–Kier alpha value is -5.25. The molecule has 0 saturated carbocycles. The first-order valence-electron chi connectivity index (χ1n) is 13.5. The number of aryl methyl sites for hydroxylation is 1.